The Morgan fingerprint density at radius 2 is 2.08 bits per heavy atom. The van der Waals surface area contributed by atoms with E-state index in [0.717, 1.165) is 28.1 Å². The summed E-state index contributed by atoms with van der Waals surface area (Å²) in [6.45, 7) is 7.11. The third-order valence-electron chi connectivity index (χ3n) is 5.02. The molecule has 0 aliphatic carbocycles. The minimum atomic E-state index is 0.0493. The van der Waals surface area contributed by atoms with Gasteiger partial charge in [-0.15, -0.1) is 6.58 Å². The molecule has 3 aromatic rings. The van der Waals surface area contributed by atoms with Crippen LogP contribution >= 0.6 is 11.6 Å². The second-order valence-corrected chi connectivity index (χ2v) is 7.05. The number of halogens is 1. The number of rotatable bonds is 4. The van der Waals surface area contributed by atoms with Gasteiger partial charge < -0.3 is 9.47 Å². The topological polar surface area (TPSA) is 38.1 Å². The molecule has 5 heteroatoms. The van der Waals surface area contributed by atoms with Crippen LogP contribution in [0, 0.1) is 6.92 Å². The molecular weight excluding hydrogens is 346 g/mol. The number of amides is 1. The van der Waals surface area contributed by atoms with E-state index in [1.54, 1.807) is 0 Å². The Labute approximate surface area is 157 Å². The van der Waals surface area contributed by atoms with Crippen molar-refractivity contribution in [3.63, 3.8) is 0 Å². The van der Waals surface area contributed by atoms with E-state index < -0.39 is 0 Å². The first-order valence-electron chi connectivity index (χ1n) is 8.71. The normalized spacial score (nSPS) is 17.2. The average molecular weight is 366 g/mol. The number of carbonyl (C=O) groups excluding carboxylic acids is 1. The molecule has 0 bridgehead atoms. The number of nitrogens with zero attached hydrogens (tertiary/aromatic N) is 3. The van der Waals surface area contributed by atoms with Crippen LogP contribution < -0.4 is 4.90 Å². The van der Waals surface area contributed by atoms with Crippen LogP contribution in [-0.4, -0.2) is 22.0 Å². The second kappa shape index (κ2) is 6.61. The third-order valence-corrected chi connectivity index (χ3v) is 5.43. The van der Waals surface area contributed by atoms with E-state index in [1.165, 1.54) is 0 Å². The van der Waals surface area contributed by atoms with Crippen molar-refractivity contribution in [1.82, 2.24) is 9.55 Å². The van der Waals surface area contributed by atoms with Crippen molar-refractivity contribution >= 4 is 34.2 Å². The molecule has 0 saturated carbocycles. The van der Waals surface area contributed by atoms with Crippen LogP contribution in [0.5, 0.6) is 0 Å². The lowest BCUT2D eigenvalue weighted by Crippen LogP contribution is -2.25. The van der Waals surface area contributed by atoms with Gasteiger partial charge in [-0.3, -0.25) is 4.79 Å². The monoisotopic (exact) mass is 365 g/mol. The molecule has 1 fully saturated rings. The highest BCUT2D eigenvalue weighted by Gasteiger charge is 2.35. The number of hydrogen-bond donors (Lipinski definition) is 0. The summed E-state index contributed by atoms with van der Waals surface area (Å²) in [6.07, 6.45) is 2.32. The zero-order valence-electron chi connectivity index (χ0n) is 14.7. The molecule has 132 valence electrons. The Kier molecular flexibility index (Phi) is 4.29. The van der Waals surface area contributed by atoms with Crippen molar-refractivity contribution in [3.8, 4) is 0 Å². The van der Waals surface area contributed by atoms with Crippen molar-refractivity contribution < 1.29 is 4.79 Å². The van der Waals surface area contributed by atoms with Crippen LogP contribution in [0.2, 0.25) is 5.02 Å². The number of allylic oxidation sites excluding steroid dienone is 1. The van der Waals surface area contributed by atoms with Crippen LogP contribution in [0.25, 0.3) is 11.0 Å². The van der Waals surface area contributed by atoms with Gasteiger partial charge in [-0.1, -0.05) is 35.9 Å². The Morgan fingerprint density at radius 1 is 1.27 bits per heavy atom. The first kappa shape index (κ1) is 16.9. The number of hydrogen-bond acceptors (Lipinski definition) is 2. The molecule has 1 aliphatic rings. The molecule has 0 N–H and O–H groups in total. The number of carbonyl (C=O) groups is 1. The van der Waals surface area contributed by atoms with Crippen molar-refractivity contribution in [1.29, 1.82) is 0 Å². The van der Waals surface area contributed by atoms with Gasteiger partial charge in [0, 0.05) is 36.1 Å². The molecule has 1 amide bonds. The zero-order chi connectivity index (χ0) is 18.3. The van der Waals surface area contributed by atoms with E-state index in [-0.39, 0.29) is 11.8 Å². The standard InChI is InChI=1S/C21H20ClN3O/c1-3-11-24-19-9-5-4-8-17(19)23-21(24)15-12-20(26)25(13-15)18-10-6-7-16(22)14(18)2/h3-10,15H,1,11-13H2,2H3. The molecule has 1 atom stereocenters. The van der Waals surface area contributed by atoms with Crippen LogP contribution in [0.1, 0.15) is 23.7 Å². The van der Waals surface area contributed by atoms with E-state index in [4.69, 9.17) is 16.6 Å². The summed E-state index contributed by atoms with van der Waals surface area (Å²) in [6, 6.07) is 13.8. The number of anilines is 1. The number of fused-ring (bicyclic) bond motifs is 1. The lowest BCUT2D eigenvalue weighted by atomic mass is 10.1. The van der Waals surface area contributed by atoms with E-state index >= 15 is 0 Å². The predicted molar refractivity (Wildman–Crippen MR) is 106 cm³/mol. The molecule has 4 nitrogen and oxygen atoms in total. The summed E-state index contributed by atoms with van der Waals surface area (Å²) in [5, 5.41) is 0.678. The SMILES string of the molecule is C=CCn1c(C2CC(=O)N(c3cccc(Cl)c3C)C2)nc2ccccc21. The number of aromatic nitrogens is 2. The van der Waals surface area contributed by atoms with Gasteiger partial charge in [0.15, 0.2) is 0 Å². The lowest BCUT2D eigenvalue weighted by Gasteiger charge is -2.20. The largest absolute Gasteiger partial charge is 0.324 e. The predicted octanol–water partition coefficient (Wildman–Crippen LogP) is 4.70. The zero-order valence-corrected chi connectivity index (χ0v) is 15.4. The first-order chi connectivity index (χ1) is 12.6. The molecule has 1 aromatic heterocycles. The number of benzene rings is 2. The average Bonchev–Trinajstić information content (AvgIpc) is 3.19. The van der Waals surface area contributed by atoms with Gasteiger partial charge in [-0.2, -0.15) is 0 Å². The molecule has 26 heavy (non-hydrogen) atoms. The maximum atomic E-state index is 12.7. The summed E-state index contributed by atoms with van der Waals surface area (Å²) in [7, 11) is 0. The van der Waals surface area contributed by atoms with Crippen LogP contribution in [0.3, 0.4) is 0 Å². The molecule has 0 spiro atoms. The summed E-state index contributed by atoms with van der Waals surface area (Å²) in [5.41, 5.74) is 3.85. The minimum Gasteiger partial charge on any atom is -0.324 e. The van der Waals surface area contributed by atoms with Crippen LogP contribution in [0.15, 0.2) is 55.1 Å². The van der Waals surface area contributed by atoms with Crippen molar-refractivity contribution in [2.45, 2.75) is 25.8 Å². The Hall–Kier alpha value is -2.59. The van der Waals surface area contributed by atoms with Gasteiger partial charge in [0.1, 0.15) is 5.82 Å². The fraction of sp³-hybridized carbons (Fsp3) is 0.238. The fourth-order valence-corrected chi connectivity index (χ4v) is 3.90. The second-order valence-electron chi connectivity index (χ2n) is 6.65. The van der Waals surface area contributed by atoms with Gasteiger partial charge in [-0.25, -0.2) is 4.98 Å². The van der Waals surface area contributed by atoms with E-state index in [1.807, 2.05) is 54.3 Å². The number of para-hydroxylation sites is 2. The van der Waals surface area contributed by atoms with Gasteiger partial charge in [-0.05, 0) is 36.8 Å². The maximum absolute atomic E-state index is 12.7. The highest BCUT2D eigenvalue weighted by atomic mass is 35.5. The molecule has 1 unspecified atom stereocenters. The highest BCUT2D eigenvalue weighted by Crippen LogP contribution is 2.36. The molecular formula is C21H20ClN3O. The van der Waals surface area contributed by atoms with E-state index in [0.29, 0.717) is 24.5 Å². The van der Waals surface area contributed by atoms with Crippen LogP contribution in [0.4, 0.5) is 5.69 Å². The van der Waals surface area contributed by atoms with Crippen LogP contribution in [-0.2, 0) is 11.3 Å². The lowest BCUT2D eigenvalue weighted by molar-refractivity contribution is -0.117. The third kappa shape index (κ3) is 2.71. The number of imidazole rings is 1. The summed E-state index contributed by atoms with van der Waals surface area (Å²) in [4.78, 5) is 19.4. The summed E-state index contributed by atoms with van der Waals surface area (Å²) >= 11 is 6.25. The van der Waals surface area contributed by atoms with Crippen molar-refractivity contribution in [3.05, 3.63) is 71.5 Å². The Morgan fingerprint density at radius 3 is 2.88 bits per heavy atom. The van der Waals surface area contributed by atoms with E-state index in [2.05, 4.69) is 17.2 Å². The van der Waals surface area contributed by atoms with Crippen molar-refractivity contribution in [2.24, 2.45) is 0 Å². The fourth-order valence-electron chi connectivity index (χ4n) is 3.73. The van der Waals surface area contributed by atoms with E-state index in [9.17, 15) is 4.79 Å². The Bertz CT molecular complexity index is 1010. The Balaban J connectivity index is 1.73. The minimum absolute atomic E-state index is 0.0493. The maximum Gasteiger partial charge on any atom is 0.227 e. The van der Waals surface area contributed by atoms with Gasteiger partial charge in [0.05, 0.1) is 11.0 Å². The van der Waals surface area contributed by atoms with Crippen molar-refractivity contribution in [2.75, 3.05) is 11.4 Å². The molecule has 1 aliphatic heterocycles. The smallest absolute Gasteiger partial charge is 0.227 e. The van der Waals surface area contributed by atoms with Gasteiger partial charge in [0.25, 0.3) is 0 Å². The van der Waals surface area contributed by atoms with Gasteiger partial charge in [0.2, 0.25) is 5.91 Å². The quantitative estimate of drug-likeness (QED) is 0.628. The molecule has 2 aromatic carbocycles. The summed E-state index contributed by atoms with van der Waals surface area (Å²) in [5.74, 6) is 1.10. The molecule has 1 saturated heterocycles. The van der Waals surface area contributed by atoms with Gasteiger partial charge >= 0.3 is 0 Å². The molecule has 4 rings (SSSR count). The first-order valence-corrected chi connectivity index (χ1v) is 9.09. The highest BCUT2D eigenvalue weighted by molar-refractivity contribution is 6.31. The molecule has 0 radical (unpaired) electrons. The summed E-state index contributed by atoms with van der Waals surface area (Å²) < 4.78 is 2.16. The molecule has 2 heterocycles.